The topological polar surface area (TPSA) is 12.0 Å². The third kappa shape index (κ3) is 4.83. The van der Waals surface area contributed by atoms with E-state index in [2.05, 4.69) is 5.32 Å². The highest BCUT2D eigenvalue weighted by molar-refractivity contribution is 5.22. The van der Waals surface area contributed by atoms with E-state index in [1.54, 1.807) is 0 Å². The smallest absolute Gasteiger partial charge is 0.305 e. The van der Waals surface area contributed by atoms with E-state index in [1.807, 2.05) is 31.2 Å². The predicted octanol–water partition coefficient (Wildman–Crippen LogP) is 2.90. The molecule has 0 bridgehead atoms. The first kappa shape index (κ1) is 12.0. The number of hydrogen-bond donors (Lipinski definition) is 1. The van der Waals surface area contributed by atoms with Crippen molar-refractivity contribution in [1.29, 1.82) is 0 Å². The van der Waals surface area contributed by atoms with Gasteiger partial charge in [0.25, 0.3) is 0 Å². The largest absolute Gasteiger partial charge is 0.401 e. The Hall–Kier alpha value is -1.03. The molecule has 84 valence electrons. The van der Waals surface area contributed by atoms with Gasteiger partial charge in [-0.3, -0.25) is 0 Å². The number of alkyl halides is 3. The molecule has 1 rings (SSSR count). The van der Waals surface area contributed by atoms with Crippen LogP contribution in [0.2, 0.25) is 0 Å². The fourth-order valence-electron chi connectivity index (χ4n) is 1.24. The summed E-state index contributed by atoms with van der Waals surface area (Å²) in [5.74, 6) is 0. The van der Waals surface area contributed by atoms with E-state index in [0.29, 0.717) is 0 Å². The van der Waals surface area contributed by atoms with Crippen LogP contribution >= 0.6 is 0 Å². The average molecular weight is 217 g/mol. The molecule has 1 aromatic carbocycles. The number of aryl methyl sites for hydroxylation is 1. The van der Waals surface area contributed by atoms with Crippen LogP contribution in [0.25, 0.3) is 0 Å². The fourth-order valence-corrected chi connectivity index (χ4v) is 1.24. The Balaban J connectivity index is 2.38. The molecule has 0 aliphatic carbocycles. The van der Waals surface area contributed by atoms with Crippen LogP contribution in [0.5, 0.6) is 0 Å². The van der Waals surface area contributed by atoms with Crippen molar-refractivity contribution in [2.24, 2.45) is 0 Å². The van der Waals surface area contributed by atoms with E-state index in [1.165, 1.54) is 5.56 Å². The molecule has 0 saturated carbocycles. The SMILES string of the molecule is CCc1ccc(CNCC(F)(F)F)cc1. The molecule has 0 amide bonds. The summed E-state index contributed by atoms with van der Waals surface area (Å²) < 4.78 is 35.4. The molecule has 0 unspecified atom stereocenters. The zero-order valence-corrected chi connectivity index (χ0v) is 8.56. The molecule has 4 heteroatoms. The van der Waals surface area contributed by atoms with Crippen LogP contribution in [0, 0.1) is 0 Å². The van der Waals surface area contributed by atoms with Crippen LogP contribution in [0.1, 0.15) is 18.1 Å². The molecule has 0 saturated heterocycles. The van der Waals surface area contributed by atoms with Crippen molar-refractivity contribution in [3.05, 3.63) is 35.4 Å². The minimum atomic E-state index is -4.14. The highest BCUT2D eigenvalue weighted by Crippen LogP contribution is 2.12. The van der Waals surface area contributed by atoms with Crippen molar-refractivity contribution in [3.8, 4) is 0 Å². The van der Waals surface area contributed by atoms with Crippen LogP contribution in [0.4, 0.5) is 13.2 Å². The summed E-state index contributed by atoms with van der Waals surface area (Å²) in [6.07, 6.45) is -3.19. The summed E-state index contributed by atoms with van der Waals surface area (Å²) in [5.41, 5.74) is 2.06. The summed E-state index contributed by atoms with van der Waals surface area (Å²) in [7, 11) is 0. The first-order valence-electron chi connectivity index (χ1n) is 4.86. The van der Waals surface area contributed by atoms with Gasteiger partial charge in [0.2, 0.25) is 0 Å². The molecule has 0 aliphatic heterocycles. The van der Waals surface area contributed by atoms with Gasteiger partial charge in [-0.2, -0.15) is 13.2 Å². The Kier molecular flexibility index (Phi) is 4.15. The van der Waals surface area contributed by atoms with E-state index < -0.39 is 12.7 Å². The molecule has 15 heavy (non-hydrogen) atoms. The summed E-state index contributed by atoms with van der Waals surface area (Å²) in [6, 6.07) is 7.57. The zero-order chi connectivity index (χ0) is 11.3. The second-order valence-electron chi connectivity index (χ2n) is 3.39. The van der Waals surface area contributed by atoms with Crippen molar-refractivity contribution in [3.63, 3.8) is 0 Å². The van der Waals surface area contributed by atoms with Gasteiger partial charge in [0.05, 0.1) is 6.54 Å². The van der Waals surface area contributed by atoms with Gasteiger partial charge in [0, 0.05) is 6.54 Å². The zero-order valence-electron chi connectivity index (χ0n) is 8.56. The van der Waals surface area contributed by atoms with E-state index in [9.17, 15) is 13.2 Å². The second kappa shape index (κ2) is 5.16. The Bertz CT molecular complexity index is 290. The van der Waals surface area contributed by atoms with Crippen LogP contribution in [0.3, 0.4) is 0 Å². The quantitative estimate of drug-likeness (QED) is 0.817. The van der Waals surface area contributed by atoms with Gasteiger partial charge in [-0.15, -0.1) is 0 Å². The lowest BCUT2D eigenvalue weighted by Gasteiger charge is -2.08. The van der Waals surface area contributed by atoms with Gasteiger partial charge < -0.3 is 5.32 Å². The minimum Gasteiger partial charge on any atom is -0.305 e. The monoisotopic (exact) mass is 217 g/mol. The average Bonchev–Trinajstić information content (AvgIpc) is 2.17. The summed E-state index contributed by atoms with van der Waals surface area (Å²) in [5, 5.41) is 2.35. The standard InChI is InChI=1S/C11H14F3N/c1-2-9-3-5-10(6-4-9)7-15-8-11(12,13)14/h3-6,15H,2,7-8H2,1H3. The number of benzene rings is 1. The van der Waals surface area contributed by atoms with Crippen molar-refractivity contribution >= 4 is 0 Å². The Morgan fingerprint density at radius 2 is 1.60 bits per heavy atom. The summed E-state index contributed by atoms with van der Waals surface area (Å²) in [6.45, 7) is 1.35. The van der Waals surface area contributed by atoms with Gasteiger partial charge in [-0.1, -0.05) is 31.2 Å². The van der Waals surface area contributed by atoms with E-state index >= 15 is 0 Å². The van der Waals surface area contributed by atoms with Crippen LogP contribution in [-0.4, -0.2) is 12.7 Å². The summed E-state index contributed by atoms with van der Waals surface area (Å²) in [4.78, 5) is 0. The van der Waals surface area contributed by atoms with E-state index in [4.69, 9.17) is 0 Å². The molecule has 0 atom stereocenters. The Morgan fingerprint density at radius 1 is 1.07 bits per heavy atom. The third-order valence-corrected chi connectivity index (χ3v) is 2.09. The number of hydrogen-bond acceptors (Lipinski definition) is 1. The molecule has 0 spiro atoms. The lowest BCUT2D eigenvalue weighted by Crippen LogP contribution is -2.28. The lowest BCUT2D eigenvalue weighted by atomic mass is 10.1. The molecular formula is C11H14F3N. The molecule has 0 aromatic heterocycles. The molecule has 1 nitrogen and oxygen atoms in total. The maximum absolute atomic E-state index is 11.8. The van der Waals surface area contributed by atoms with Crippen LogP contribution < -0.4 is 5.32 Å². The number of rotatable bonds is 4. The first-order valence-corrected chi connectivity index (χ1v) is 4.86. The molecular weight excluding hydrogens is 203 g/mol. The number of nitrogens with one attached hydrogen (secondary N) is 1. The predicted molar refractivity (Wildman–Crippen MR) is 53.6 cm³/mol. The lowest BCUT2D eigenvalue weighted by molar-refractivity contribution is -0.125. The maximum Gasteiger partial charge on any atom is 0.401 e. The van der Waals surface area contributed by atoms with Crippen LogP contribution in [0.15, 0.2) is 24.3 Å². The highest BCUT2D eigenvalue weighted by Gasteiger charge is 2.25. The van der Waals surface area contributed by atoms with Crippen molar-refractivity contribution < 1.29 is 13.2 Å². The highest BCUT2D eigenvalue weighted by atomic mass is 19.4. The summed E-state index contributed by atoms with van der Waals surface area (Å²) >= 11 is 0. The van der Waals surface area contributed by atoms with Crippen LogP contribution in [-0.2, 0) is 13.0 Å². The third-order valence-electron chi connectivity index (χ3n) is 2.09. The molecule has 0 radical (unpaired) electrons. The van der Waals surface area contributed by atoms with E-state index in [-0.39, 0.29) is 6.54 Å². The molecule has 0 heterocycles. The second-order valence-corrected chi connectivity index (χ2v) is 3.39. The minimum absolute atomic E-state index is 0.253. The van der Waals surface area contributed by atoms with Crippen molar-refractivity contribution in [1.82, 2.24) is 5.32 Å². The first-order chi connectivity index (χ1) is 7.01. The van der Waals surface area contributed by atoms with Crippen molar-refractivity contribution in [2.45, 2.75) is 26.1 Å². The fraction of sp³-hybridized carbons (Fsp3) is 0.455. The Labute approximate surface area is 87.3 Å². The van der Waals surface area contributed by atoms with Gasteiger partial charge in [-0.05, 0) is 17.5 Å². The van der Waals surface area contributed by atoms with Gasteiger partial charge in [-0.25, -0.2) is 0 Å². The molecule has 1 N–H and O–H groups in total. The molecule has 0 aliphatic rings. The van der Waals surface area contributed by atoms with Gasteiger partial charge >= 0.3 is 6.18 Å². The van der Waals surface area contributed by atoms with E-state index in [0.717, 1.165) is 12.0 Å². The normalized spacial score (nSPS) is 11.7. The Morgan fingerprint density at radius 3 is 2.07 bits per heavy atom. The van der Waals surface area contributed by atoms with Gasteiger partial charge in [0.15, 0.2) is 0 Å². The van der Waals surface area contributed by atoms with Gasteiger partial charge in [0.1, 0.15) is 0 Å². The maximum atomic E-state index is 11.8. The molecule has 1 aromatic rings. The number of halogens is 3. The molecule has 0 fully saturated rings. The van der Waals surface area contributed by atoms with Crippen molar-refractivity contribution in [2.75, 3.05) is 6.54 Å².